The zero-order chi connectivity index (χ0) is 24.3. The molecule has 3 aromatic rings. The molecule has 2 aromatic carbocycles. The van der Waals surface area contributed by atoms with E-state index in [2.05, 4.69) is 31.8 Å². The monoisotopic (exact) mass is 484 g/mol. The number of nitrogens with zero attached hydrogens (tertiary/aromatic N) is 2. The van der Waals surface area contributed by atoms with E-state index in [4.69, 9.17) is 16.3 Å². The second-order valence-electron chi connectivity index (χ2n) is 7.80. The number of aromatic nitrogens is 2. The number of nitrogens with one attached hydrogen (secondary N) is 2. The van der Waals surface area contributed by atoms with Crippen LogP contribution >= 0.6 is 11.6 Å². The van der Waals surface area contributed by atoms with Gasteiger partial charge in [-0.25, -0.2) is 14.6 Å². The summed E-state index contributed by atoms with van der Waals surface area (Å²) in [5.41, 5.74) is 1.13. The number of para-hydroxylation sites is 1. The zero-order valence-corrected chi connectivity index (χ0v) is 20.0. The summed E-state index contributed by atoms with van der Waals surface area (Å²) >= 11 is 4.95. The Bertz CT molecular complexity index is 1050. The average molecular weight is 485 g/mol. The lowest BCUT2D eigenvalue weighted by Crippen LogP contribution is -2.35. The molecule has 1 fully saturated rings. The number of carbonyl (C=O) groups excluding carboxylic acids is 2. The first-order valence-corrected chi connectivity index (χ1v) is 11.5. The lowest BCUT2D eigenvalue weighted by Gasteiger charge is -2.16. The first-order chi connectivity index (χ1) is 16.4. The summed E-state index contributed by atoms with van der Waals surface area (Å²) in [6.07, 6.45) is 6.02. The maximum absolute atomic E-state index is 11.9. The number of hydrogen-bond acceptors (Lipinski definition) is 5. The van der Waals surface area contributed by atoms with Crippen LogP contribution in [0.3, 0.4) is 0 Å². The van der Waals surface area contributed by atoms with Crippen LogP contribution in [0.1, 0.15) is 37.2 Å². The summed E-state index contributed by atoms with van der Waals surface area (Å²) in [4.78, 5) is 26.3. The molecule has 0 unspecified atom stereocenters. The number of aryl methyl sites for hydroxylation is 1. The van der Waals surface area contributed by atoms with Gasteiger partial charge in [0.05, 0.1) is 12.1 Å². The van der Waals surface area contributed by atoms with E-state index in [0.717, 1.165) is 31.0 Å². The second kappa shape index (κ2) is 12.8. The van der Waals surface area contributed by atoms with Gasteiger partial charge < -0.3 is 24.7 Å². The molecule has 0 aliphatic carbocycles. The van der Waals surface area contributed by atoms with Crippen molar-refractivity contribution < 1.29 is 19.1 Å². The zero-order valence-electron chi connectivity index (χ0n) is 19.2. The summed E-state index contributed by atoms with van der Waals surface area (Å²) in [7, 11) is 0. The van der Waals surface area contributed by atoms with E-state index in [1.54, 1.807) is 30.5 Å². The lowest BCUT2D eigenvalue weighted by atomic mass is 10.1. The number of amides is 2. The summed E-state index contributed by atoms with van der Waals surface area (Å²) in [6.45, 7) is 5.47. The molecule has 8 nitrogen and oxygen atoms in total. The molecule has 180 valence electrons. The number of ether oxygens (including phenoxy) is 2. The van der Waals surface area contributed by atoms with Crippen molar-refractivity contribution in [2.24, 2.45) is 0 Å². The first-order valence-electron chi connectivity index (χ1n) is 11.1. The number of anilines is 1. The number of benzene rings is 2. The maximum Gasteiger partial charge on any atom is 0.409 e. The largest absolute Gasteiger partial charge is 0.415 e. The van der Waals surface area contributed by atoms with Gasteiger partial charge in [-0.1, -0.05) is 30.3 Å². The summed E-state index contributed by atoms with van der Waals surface area (Å²) < 4.78 is 12.2. The number of rotatable bonds is 6. The standard InChI is InChI=1S/C18H24N4O2.C7H5ClO2/c1-13(22-10-9-19-14(22)2)15-5-7-16(8-6-15)21-18(23)20-12-17-4-3-11-24-17;8-7(9)10-6-4-2-1-3-5-6/h5-10,13,17H,3-4,11-12H2,1-2H3,(H2,20,21,23);1-5H/t13-,17-;/m0./s1. The van der Waals surface area contributed by atoms with E-state index in [1.807, 2.05) is 43.5 Å². The molecule has 0 radical (unpaired) electrons. The highest BCUT2D eigenvalue weighted by molar-refractivity contribution is 6.61. The van der Waals surface area contributed by atoms with Crippen molar-refractivity contribution in [3.63, 3.8) is 0 Å². The predicted octanol–water partition coefficient (Wildman–Crippen LogP) is 5.53. The third-order valence-electron chi connectivity index (χ3n) is 5.39. The fourth-order valence-corrected chi connectivity index (χ4v) is 3.66. The van der Waals surface area contributed by atoms with Crippen LogP contribution < -0.4 is 15.4 Å². The van der Waals surface area contributed by atoms with Crippen LogP contribution in [0.4, 0.5) is 15.3 Å². The van der Waals surface area contributed by atoms with E-state index >= 15 is 0 Å². The lowest BCUT2D eigenvalue weighted by molar-refractivity contribution is 0.112. The molecule has 1 aliphatic heterocycles. The number of carbonyl (C=O) groups is 2. The van der Waals surface area contributed by atoms with Gasteiger partial charge in [0.25, 0.3) is 0 Å². The van der Waals surface area contributed by atoms with Crippen LogP contribution in [-0.2, 0) is 4.74 Å². The molecule has 2 heterocycles. The highest BCUT2D eigenvalue weighted by atomic mass is 35.5. The minimum Gasteiger partial charge on any atom is -0.415 e. The molecular weight excluding hydrogens is 456 g/mol. The van der Waals surface area contributed by atoms with E-state index < -0.39 is 5.43 Å². The number of hydrogen-bond donors (Lipinski definition) is 2. The van der Waals surface area contributed by atoms with Crippen molar-refractivity contribution >= 4 is 28.7 Å². The van der Waals surface area contributed by atoms with Crippen molar-refractivity contribution in [2.75, 3.05) is 18.5 Å². The average Bonchev–Trinajstić information content (AvgIpc) is 3.50. The Kier molecular flexibility index (Phi) is 9.49. The third kappa shape index (κ3) is 7.90. The fourth-order valence-electron chi connectivity index (χ4n) is 3.57. The molecule has 0 bridgehead atoms. The fraction of sp³-hybridized carbons (Fsp3) is 0.320. The number of halogens is 1. The molecule has 4 rings (SSSR count). The Labute approximate surface area is 204 Å². The van der Waals surface area contributed by atoms with Gasteiger partial charge in [0.2, 0.25) is 0 Å². The van der Waals surface area contributed by atoms with Gasteiger partial charge in [-0.05, 0) is 56.5 Å². The van der Waals surface area contributed by atoms with Gasteiger partial charge in [0.1, 0.15) is 11.6 Å². The first kappa shape index (κ1) is 25.3. The van der Waals surface area contributed by atoms with E-state index in [9.17, 15) is 9.59 Å². The number of urea groups is 1. The minimum absolute atomic E-state index is 0.150. The van der Waals surface area contributed by atoms with Crippen LogP contribution in [0.15, 0.2) is 67.0 Å². The molecule has 0 saturated carbocycles. The minimum atomic E-state index is -0.814. The second-order valence-corrected chi connectivity index (χ2v) is 8.11. The third-order valence-corrected chi connectivity index (χ3v) is 5.46. The maximum atomic E-state index is 11.9. The molecule has 1 aromatic heterocycles. The molecule has 2 amide bonds. The molecule has 1 aliphatic rings. The Morgan fingerprint density at radius 3 is 2.53 bits per heavy atom. The van der Waals surface area contributed by atoms with Crippen molar-refractivity contribution in [3.8, 4) is 5.75 Å². The molecule has 9 heteroatoms. The molecular formula is C25H29ClN4O4. The van der Waals surface area contributed by atoms with E-state index in [0.29, 0.717) is 12.3 Å². The van der Waals surface area contributed by atoms with Gasteiger partial charge in [0, 0.05) is 42.8 Å². The van der Waals surface area contributed by atoms with Crippen LogP contribution in [-0.4, -0.2) is 40.3 Å². The van der Waals surface area contributed by atoms with Crippen LogP contribution in [0.25, 0.3) is 0 Å². The van der Waals surface area contributed by atoms with Gasteiger partial charge in [0.15, 0.2) is 0 Å². The van der Waals surface area contributed by atoms with E-state index in [1.165, 1.54) is 5.56 Å². The van der Waals surface area contributed by atoms with Crippen molar-refractivity contribution in [1.82, 2.24) is 14.9 Å². The smallest absolute Gasteiger partial charge is 0.409 e. The van der Waals surface area contributed by atoms with Crippen LogP contribution in [0, 0.1) is 6.92 Å². The van der Waals surface area contributed by atoms with Crippen molar-refractivity contribution in [3.05, 3.63) is 78.4 Å². The van der Waals surface area contributed by atoms with E-state index in [-0.39, 0.29) is 18.2 Å². The summed E-state index contributed by atoms with van der Waals surface area (Å²) in [6, 6.07) is 16.6. The molecule has 2 N–H and O–H groups in total. The number of imidazole rings is 1. The van der Waals surface area contributed by atoms with Gasteiger partial charge >= 0.3 is 11.5 Å². The summed E-state index contributed by atoms with van der Waals surface area (Å²) in [5, 5.41) is 5.71. The van der Waals surface area contributed by atoms with Crippen LogP contribution in [0.2, 0.25) is 0 Å². The van der Waals surface area contributed by atoms with Gasteiger partial charge in [-0.15, -0.1) is 0 Å². The quantitative estimate of drug-likeness (QED) is 0.449. The normalized spacial score (nSPS) is 15.6. The molecule has 2 atom stereocenters. The molecule has 34 heavy (non-hydrogen) atoms. The molecule has 0 spiro atoms. The highest BCUT2D eigenvalue weighted by Crippen LogP contribution is 2.21. The Hall–Kier alpha value is -3.36. The van der Waals surface area contributed by atoms with Crippen molar-refractivity contribution in [2.45, 2.75) is 38.8 Å². The topological polar surface area (TPSA) is 94.5 Å². The Morgan fingerprint density at radius 2 is 1.94 bits per heavy atom. The van der Waals surface area contributed by atoms with Gasteiger partial charge in [-0.3, -0.25) is 0 Å². The van der Waals surface area contributed by atoms with Crippen LogP contribution in [0.5, 0.6) is 5.75 Å². The SMILES string of the molecule is Cc1nccn1[C@@H](C)c1ccc(NC(=O)NC[C@@H]2CCCO2)cc1.O=C(Cl)Oc1ccccc1. The van der Waals surface area contributed by atoms with Gasteiger partial charge in [-0.2, -0.15) is 0 Å². The molecule has 1 saturated heterocycles. The van der Waals surface area contributed by atoms with Crippen molar-refractivity contribution in [1.29, 1.82) is 0 Å². The Balaban J connectivity index is 0.000000271. The predicted molar refractivity (Wildman–Crippen MR) is 132 cm³/mol. The highest BCUT2D eigenvalue weighted by Gasteiger charge is 2.16. The Morgan fingerprint density at radius 1 is 1.21 bits per heavy atom. The summed E-state index contributed by atoms with van der Waals surface area (Å²) in [5.74, 6) is 1.45.